The Hall–Kier alpha value is -1.25. The Kier molecular flexibility index (Phi) is 9.85. The van der Waals surface area contributed by atoms with Crippen molar-refractivity contribution in [2.24, 2.45) is 0 Å². The van der Waals surface area contributed by atoms with Crippen LogP contribution in [-0.4, -0.2) is 19.4 Å². The lowest BCUT2D eigenvalue weighted by Gasteiger charge is -2.26. The molecule has 0 spiro atoms. The van der Waals surface area contributed by atoms with Gasteiger partial charge in [0.1, 0.15) is 0 Å². The van der Waals surface area contributed by atoms with E-state index in [9.17, 15) is 4.57 Å². The Morgan fingerprint density at radius 2 is 1.57 bits per heavy atom. The number of aryl methyl sites for hydroxylation is 1. The third-order valence-electron chi connectivity index (χ3n) is 2.93. The Bertz CT molecular complexity index is 485. The highest BCUT2D eigenvalue weighted by atomic mass is 31.2. The molecule has 118 valence electrons. The number of hydrogen-bond acceptors (Lipinski definition) is 5. The monoisotopic (exact) mass is 314 g/mol. The molecule has 1 unspecified atom stereocenters. The van der Waals surface area contributed by atoms with Crippen LogP contribution in [0.25, 0.3) is 0 Å². The lowest BCUT2D eigenvalue weighted by molar-refractivity contribution is -0.191. The number of hydrogen-bond donors (Lipinski definition) is 0. The van der Waals surface area contributed by atoms with Crippen LogP contribution in [0.5, 0.6) is 0 Å². The Morgan fingerprint density at radius 3 is 1.95 bits per heavy atom. The smallest absolute Gasteiger partial charge is 0.308 e. The maximum absolute atomic E-state index is 12.9. The van der Waals surface area contributed by atoms with Crippen LogP contribution in [0.3, 0.4) is 0 Å². The molecule has 1 atom stereocenters. The first-order valence-electron chi connectivity index (χ1n) is 6.94. The molecule has 0 amide bonds. The molecule has 0 N–H and O–H groups in total. The Balaban J connectivity index is 0.00000122. The van der Waals surface area contributed by atoms with E-state index in [2.05, 4.69) is 0 Å². The van der Waals surface area contributed by atoms with Crippen molar-refractivity contribution in [3.8, 4) is 0 Å². The van der Waals surface area contributed by atoms with E-state index in [1.165, 1.54) is 0 Å². The zero-order valence-electron chi connectivity index (χ0n) is 13.0. The Morgan fingerprint density at radius 1 is 1.10 bits per heavy atom. The summed E-state index contributed by atoms with van der Waals surface area (Å²) in [5.74, 6) is 0. The highest BCUT2D eigenvalue weighted by Crippen LogP contribution is 2.62. The quantitative estimate of drug-likeness (QED) is 0.708. The molecular formula is C15H23O5P. The fourth-order valence-corrected chi connectivity index (χ4v) is 4.38. The van der Waals surface area contributed by atoms with E-state index in [4.69, 9.17) is 18.6 Å². The first-order valence-corrected chi connectivity index (χ1v) is 8.55. The second-order valence-electron chi connectivity index (χ2n) is 4.24. The molecule has 0 aliphatic rings. The number of carbonyl (C=O) groups excluding carboxylic acids is 2. The van der Waals surface area contributed by atoms with Gasteiger partial charge in [-0.25, -0.2) is 0 Å². The van der Waals surface area contributed by atoms with E-state index in [0.29, 0.717) is 13.2 Å². The van der Waals surface area contributed by atoms with Crippen LogP contribution >= 0.6 is 7.60 Å². The number of benzene rings is 1. The molecule has 21 heavy (non-hydrogen) atoms. The minimum Gasteiger partial charge on any atom is -0.308 e. The lowest BCUT2D eigenvalue weighted by atomic mass is 10.0. The molecule has 0 saturated carbocycles. The van der Waals surface area contributed by atoms with Crippen LogP contribution in [0.15, 0.2) is 24.3 Å². The van der Waals surface area contributed by atoms with Crippen LogP contribution in [0, 0.1) is 6.92 Å². The summed E-state index contributed by atoms with van der Waals surface area (Å²) >= 11 is 0. The van der Waals surface area contributed by atoms with Crippen LogP contribution < -0.4 is 0 Å². The van der Waals surface area contributed by atoms with Gasteiger partial charge in [-0.3, -0.25) is 4.57 Å². The van der Waals surface area contributed by atoms with E-state index in [1.807, 2.05) is 52.0 Å². The predicted molar refractivity (Wildman–Crippen MR) is 80.1 cm³/mol. The van der Waals surface area contributed by atoms with Gasteiger partial charge in [-0.2, -0.15) is 9.59 Å². The summed E-state index contributed by atoms with van der Waals surface area (Å²) in [7, 11) is -3.08. The third kappa shape index (κ3) is 5.94. The summed E-state index contributed by atoms with van der Waals surface area (Å²) in [6.45, 7) is 8.54. The minimum absolute atomic E-state index is 0.182. The average Bonchev–Trinajstić information content (AvgIpc) is 2.43. The van der Waals surface area contributed by atoms with Crippen molar-refractivity contribution in [2.45, 2.75) is 39.8 Å². The molecule has 0 saturated heterocycles. The molecule has 0 aliphatic heterocycles. The average molecular weight is 314 g/mol. The molecule has 0 heterocycles. The van der Waals surface area contributed by atoms with Gasteiger partial charge in [-0.15, -0.1) is 0 Å². The molecule has 1 aromatic rings. The van der Waals surface area contributed by atoms with Gasteiger partial charge in [0.25, 0.3) is 0 Å². The highest BCUT2D eigenvalue weighted by Gasteiger charge is 2.35. The molecule has 0 aliphatic carbocycles. The summed E-state index contributed by atoms with van der Waals surface area (Å²) in [4.78, 5) is 16.2. The second kappa shape index (κ2) is 10.5. The predicted octanol–water partition coefficient (Wildman–Crippen LogP) is 4.13. The lowest BCUT2D eigenvalue weighted by Crippen LogP contribution is -2.07. The van der Waals surface area contributed by atoms with Gasteiger partial charge in [-0.05, 0) is 38.3 Å². The first-order chi connectivity index (χ1) is 10.0. The summed E-state index contributed by atoms with van der Waals surface area (Å²) < 4.78 is 23.8. The fourth-order valence-electron chi connectivity index (χ4n) is 2.15. The zero-order valence-corrected chi connectivity index (χ0v) is 13.9. The topological polar surface area (TPSA) is 69.7 Å². The molecule has 0 radical (unpaired) electrons. The van der Waals surface area contributed by atoms with Crippen molar-refractivity contribution < 1.29 is 23.2 Å². The van der Waals surface area contributed by atoms with E-state index in [-0.39, 0.29) is 11.8 Å². The molecule has 0 bridgehead atoms. The molecule has 0 aromatic heterocycles. The normalized spacial score (nSPS) is 12.0. The largest absolute Gasteiger partial charge is 0.373 e. The van der Waals surface area contributed by atoms with Gasteiger partial charge < -0.3 is 9.05 Å². The van der Waals surface area contributed by atoms with Crippen molar-refractivity contribution in [3.63, 3.8) is 0 Å². The second-order valence-corrected chi connectivity index (χ2v) is 6.46. The van der Waals surface area contributed by atoms with Crippen LogP contribution in [0.2, 0.25) is 0 Å². The Labute approximate surface area is 126 Å². The SMILES string of the molecule is CCOP(=O)(OCC)C(CC)c1ccccc1C.O=C=O. The van der Waals surface area contributed by atoms with Crippen molar-refractivity contribution in [3.05, 3.63) is 35.4 Å². The molecule has 6 heteroatoms. The molecular weight excluding hydrogens is 291 g/mol. The summed E-state index contributed by atoms with van der Waals surface area (Å²) in [5.41, 5.74) is 2.01. The van der Waals surface area contributed by atoms with Crippen LogP contribution in [0.4, 0.5) is 0 Å². The van der Waals surface area contributed by atoms with E-state index in [1.54, 1.807) is 0 Å². The van der Waals surface area contributed by atoms with Gasteiger partial charge in [0, 0.05) is 0 Å². The van der Waals surface area contributed by atoms with E-state index < -0.39 is 7.60 Å². The standard InChI is InChI=1S/C14H23O3P.CO2/c1-5-14(13-11-9-8-10-12(13)4)18(15,16-6-2)17-7-3;2-1-3/h8-11,14H,5-7H2,1-4H3;. The fraction of sp³-hybridized carbons (Fsp3) is 0.533. The van der Waals surface area contributed by atoms with Crippen LogP contribution in [-0.2, 0) is 23.2 Å². The van der Waals surface area contributed by atoms with E-state index in [0.717, 1.165) is 17.5 Å². The highest BCUT2D eigenvalue weighted by molar-refractivity contribution is 7.54. The molecule has 5 nitrogen and oxygen atoms in total. The zero-order chi connectivity index (χ0) is 16.3. The summed E-state index contributed by atoms with van der Waals surface area (Å²) in [6.07, 6.45) is 0.988. The molecule has 1 rings (SSSR count). The van der Waals surface area contributed by atoms with Crippen LogP contribution in [0.1, 0.15) is 44.0 Å². The van der Waals surface area contributed by atoms with Crippen molar-refractivity contribution in [1.29, 1.82) is 0 Å². The van der Waals surface area contributed by atoms with Gasteiger partial charge in [0.2, 0.25) is 0 Å². The van der Waals surface area contributed by atoms with Gasteiger partial charge in [-0.1, -0.05) is 31.2 Å². The van der Waals surface area contributed by atoms with Crippen molar-refractivity contribution in [2.75, 3.05) is 13.2 Å². The van der Waals surface area contributed by atoms with Crippen molar-refractivity contribution >= 4 is 13.7 Å². The third-order valence-corrected chi connectivity index (χ3v) is 5.58. The van der Waals surface area contributed by atoms with Gasteiger partial charge >= 0.3 is 13.7 Å². The number of rotatable bonds is 7. The first kappa shape index (κ1) is 19.8. The summed E-state index contributed by atoms with van der Waals surface area (Å²) in [5, 5.41) is 0. The molecule has 1 aromatic carbocycles. The summed E-state index contributed by atoms with van der Waals surface area (Å²) in [6, 6.07) is 7.99. The molecule has 0 fully saturated rings. The minimum atomic E-state index is -3.08. The maximum Gasteiger partial charge on any atom is 0.373 e. The van der Waals surface area contributed by atoms with Crippen molar-refractivity contribution in [1.82, 2.24) is 0 Å². The maximum atomic E-state index is 12.9. The van der Waals surface area contributed by atoms with E-state index >= 15 is 0 Å². The van der Waals surface area contributed by atoms with Gasteiger partial charge in [0.05, 0.1) is 18.9 Å². The van der Waals surface area contributed by atoms with Gasteiger partial charge in [0.15, 0.2) is 0 Å².